The number of amides is 1. The van der Waals surface area contributed by atoms with E-state index in [2.05, 4.69) is 10.2 Å². The number of hydrogen-bond donors (Lipinski definition) is 1. The number of morpholine rings is 1. The number of aromatic nitrogens is 1. The van der Waals surface area contributed by atoms with Gasteiger partial charge >= 0.3 is 0 Å². The molecule has 1 aliphatic heterocycles. The number of anilines is 2. The number of ether oxygens (including phenoxy) is 2. The van der Waals surface area contributed by atoms with Crippen molar-refractivity contribution in [3.63, 3.8) is 0 Å². The quantitative estimate of drug-likeness (QED) is 0.744. The Bertz CT molecular complexity index is 980. The summed E-state index contributed by atoms with van der Waals surface area (Å²) in [5, 5.41) is 3.96. The van der Waals surface area contributed by atoms with Gasteiger partial charge in [0.15, 0.2) is 5.13 Å². The van der Waals surface area contributed by atoms with Gasteiger partial charge in [-0.1, -0.05) is 17.4 Å². The van der Waals surface area contributed by atoms with Gasteiger partial charge in [0, 0.05) is 24.3 Å². The molecule has 1 fully saturated rings. The first kappa shape index (κ1) is 17.8. The van der Waals surface area contributed by atoms with Gasteiger partial charge in [-0.2, -0.15) is 0 Å². The molecule has 1 amide bonds. The highest BCUT2D eigenvalue weighted by atomic mass is 32.1. The predicted octanol–water partition coefficient (Wildman–Crippen LogP) is 3.70. The molecular weight excluding hydrogens is 362 g/mol. The van der Waals surface area contributed by atoms with Crippen LogP contribution in [0, 0.1) is 6.92 Å². The van der Waals surface area contributed by atoms with Gasteiger partial charge in [-0.15, -0.1) is 0 Å². The van der Waals surface area contributed by atoms with Crippen LogP contribution in [-0.4, -0.2) is 44.3 Å². The average Bonchev–Trinajstić information content (AvgIpc) is 3.12. The van der Waals surface area contributed by atoms with Gasteiger partial charge in [0.2, 0.25) is 0 Å². The fraction of sp³-hybridized carbons (Fsp3) is 0.300. The van der Waals surface area contributed by atoms with E-state index < -0.39 is 0 Å². The molecule has 7 heteroatoms. The lowest BCUT2D eigenvalue weighted by atomic mass is 10.1. The minimum atomic E-state index is -0.162. The van der Waals surface area contributed by atoms with Crippen LogP contribution < -0.4 is 15.0 Å². The zero-order chi connectivity index (χ0) is 18.8. The van der Waals surface area contributed by atoms with Crippen molar-refractivity contribution in [3.05, 3.63) is 47.5 Å². The number of nitrogens with one attached hydrogen (secondary N) is 1. The highest BCUT2D eigenvalue weighted by molar-refractivity contribution is 7.22. The second-order valence-electron chi connectivity index (χ2n) is 6.42. The maximum absolute atomic E-state index is 12.6. The Balaban J connectivity index is 1.54. The van der Waals surface area contributed by atoms with E-state index in [4.69, 9.17) is 14.5 Å². The van der Waals surface area contributed by atoms with Crippen LogP contribution in [-0.2, 0) is 4.74 Å². The monoisotopic (exact) mass is 383 g/mol. The first-order valence-corrected chi connectivity index (χ1v) is 9.65. The van der Waals surface area contributed by atoms with Crippen LogP contribution in [0.3, 0.4) is 0 Å². The number of thiazole rings is 1. The van der Waals surface area contributed by atoms with E-state index in [0.717, 1.165) is 52.9 Å². The summed E-state index contributed by atoms with van der Waals surface area (Å²) in [6, 6.07) is 11.2. The van der Waals surface area contributed by atoms with Crippen LogP contribution in [0.5, 0.6) is 5.75 Å². The number of aryl methyl sites for hydroxylation is 1. The molecule has 0 aliphatic carbocycles. The Morgan fingerprint density at radius 3 is 2.81 bits per heavy atom. The van der Waals surface area contributed by atoms with E-state index in [0.29, 0.717) is 11.3 Å². The van der Waals surface area contributed by atoms with Gasteiger partial charge < -0.3 is 19.7 Å². The second-order valence-corrected chi connectivity index (χ2v) is 7.43. The molecule has 1 saturated heterocycles. The summed E-state index contributed by atoms with van der Waals surface area (Å²) in [5.74, 6) is 0.543. The number of benzene rings is 2. The molecule has 4 rings (SSSR count). The lowest BCUT2D eigenvalue weighted by Crippen LogP contribution is -2.36. The van der Waals surface area contributed by atoms with E-state index in [-0.39, 0.29) is 5.91 Å². The van der Waals surface area contributed by atoms with Crippen LogP contribution >= 0.6 is 11.3 Å². The minimum Gasteiger partial charge on any atom is -0.496 e. The van der Waals surface area contributed by atoms with Crippen LogP contribution in [0.25, 0.3) is 10.2 Å². The van der Waals surface area contributed by atoms with Crippen molar-refractivity contribution in [2.24, 2.45) is 0 Å². The molecule has 1 aliphatic rings. The van der Waals surface area contributed by atoms with Crippen molar-refractivity contribution in [3.8, 4) is 5.75 Å². The zero-order valence-electron chi connectivity index (χ0n) is 15.3. The van der Waals surface area contributed by atoms with Gasteiger partial charge in [0.05, 0.1) is 30.5 Å². The van der Waals surface area contributed by atoms with Crippen molar-refractivity contribution in [2.45, 2.75) is 6.92 Å². The maximum atomic E-state index is 12.6. The summed E-state index contributed by atoms with van der Waals surface area (Å²) in [6.45, 7) is 5.14. The number of nitrogens with zero attached hydrogens (tertiary/aromatic N) is 2. The molecule has 0 atom stereocenters. The van der Waals surface area contributed by atoms with Crippen LogP contribution in [0.15, 0.2) is 36.4 Å². The Morgan fingerprint density at radius 1 is 1.22 bits per heavy atom. The van der Waals surface area contributed by atoms with E-state index >= 15 is 0 Å². The molecule has 0 spiro atoms. The number of fused-ring (bicyclic) bond motifs is 1. The molecular formula is C20H21N3O3S. The predicted molar refractivity (Wildman–Crippen MR) is 108 cm³/mol. The molecule has 0 saturated carbocycles. The first-order valence-electron chi connectivity index (χ1n) is 8.83. The fourth-order valence-electron chi connectivity index (χ4n) is 3.04. The largest absolute Gasteiger partial charge is 0.496 e. The third-order valence-corrected chi connectivity index (χ3v) is 5.67. The first-order chi connectivity index (χ1) is 13.1. The van der Waals surface area contributed by atoms with Crippen molar-refractivity contribution in [2.75, 3.05) is 43.6 Å². The summed E-state index contributed by atoms with van der Waals surface area (Å²) in [6.07, 6.45) is 0. The zero-order valence-corrected chi connectivity index (χ0v) is 16.1. The molecule has 2 aromatic carbocycles. The molecule has 27 heavy (non-hydrogen) atoms. The molecule has 3 aromatic rings. The average molecular weight is 383 g/mol. The molecule has 0 radical (unpaired) electrons. The Kier molecular flexibility index (Phi) is 4.96. The number of hydrogen-bond acceptors (Lipinski definition) is 6. The Hall–Kier alpha value is -2.64. The molecule has 2 heterocycles. The smallest absolute Gasteiger partial charge is 0.255 e. The Morgan fingerprint density at radius 2 is 2.04 bits per heavy atom. The third kappa shape index (κ3) is 3.74. The normalized spacial score (nSPS) is 14.4. The van der Waals surface area contributed by atoms with Gasteiger partial charge in [-0.3, -0.25) is 4.79 Å². The minimum absolute atomic E-state index is 0.162. The molecule has 6 nitrogen and oxygen atoms in total. The van der Waals surface area contributed by atoms with Crippen LogP contribution in [0.2, 0.25) is 0 Å². The van der Waals surface area contributed by atoms with Crippen LogP contribution in [0.4, 0.5) is 10.8 Å². The highest BCUT2D eigenvalue weighted by Gasteiger charge is 2.16. The number of rotatable bonds is 4. The molecule has 140 valence electrons. The van der Waals surface area contributed by atoms with E-state index in [1.807, 2.05) is 31.2 Å². The number of carbonyl (C=O) groups excluding carboxylic acids is 1. The summed E-state index contributed by atoms with van der Waals surface area (Å²) in [7, 11) is 1.60. The van der Waals surface area contributed by atoms with Crippen LogP contribution in [0.1, 0.15) is 15.9 Å². The topological polar surface area (TPSA) is 63.7 Å². The molecule has 0 bridgehead atoms. The van der Waals surface area contributed by atoms with Crippen molar-refractivity contribution in [1.29, 1.82) is 0 Å². The SMILES string of the molecule is COc1cc(C(=O)Nc2ccc3nc(N4CCOCC4)sc3c2)ccc1C. The third-order valence-electron chi connectivity index (χ3n) is 4.59. The van der Waals surface area contributed by atoms with Crippen molar-refractivity contribution in [1.82, 2.24) is 4.98 Å². The lowest BCUT2D eigenvalue weighted by molar-refractivity contribution is 0.102. The second kappa shape index (κ2) is 7.54. The molecule has 1 N–H and O–H groups in total. The summed E-state index contributed by atoms with van der Waals surface area (Å²) >= 11 is 1.64. The van der Waals surface area contributed by atoms with Crippen molar-refractivity contribution >= 4 is 38.3 Å². The van der Waals surface area contributed by atoms with Gasteiger partial charge in [-0.25, -0.2) is 4.98 Å². The molecule has 0 unspecified atom stereocenters. The van der Waals surface area contributed by atoms with E-state index in [1.165, 1.54) is 0 Å². The van der Waals surface area contributed by atoms with Gasteiger partial charge in [-0.05, 0) is 42.8 Å². The number of carbonyl (C=O) groups is 1. The fourth-order valence-corrected chi connectivity index (χ4v) is 4.10. The molecule has 1 aromatic heterocycles. The van der Waals surface area contributed by atoms with Crippen molar-refractivity contribution < 1.29 is 14.3 Å². The highest BCUT2D eigenvalue weighted by Crippen LogP contribution is 2.31. The van der Waals surface area contributed by atoms with E-state index in [1.54, 1.807) is 30.6 Å². The summed E-state index contributed by atoms with van der Waals surface area (Å²) in [5.41, 5.74) is 3.26. The summed E-state index contributed by atoms with van der Waals surface area (Å²) < 4.78 is 11.8. The van der Waals surface area contributed by atoms with Gasteiger partial charge in [0.1, 0.15) is 5.75 Å². The Labute approximate surface area is 161 Å². The number of methoxy groups -OCH3 is 1. The summed E-state index contributed by atoms with van der Waals surface area (Å²) in [4.78, 5) is 19.5. The van der Waals surface area contributed by atoms with E-state index in [9.17, 15) is 4.79 Å². The van der Waals surface area contributed by atoms with Gasteiger partial charge in [0.25, 0.3) is 5.91 Å². The maximum Gasteiger partial charge on any atom is 0.255 e. The lowest BCUT2D eigenvalue weighted by Gasteiger charge is -2.25. The standard InChI is InChI=1S/C20H21N3O3S/c1-13-3-4-14(11-17(13)25-2)19(24)21-15-5-6-16-18(12-15)27-20(22-16)23-7-9-26-10-8-23/h3-6,11-12H,7-10H2,1-2H3,(H,21,24).